The zero-order valence-corrected chi connectivity index (χ0v) is 10.5. The van der Waals surface area contributed by atoms with E-state index >= 15 is 0 Å². The molecule has 0 aliphatic heterocycles. The molecule has 0 saturated heterocycles. The first-order valence-electron chi connectivity index (χ1n) is 3.66. The maximum absolute atomic E-state index is 10.1. The molecule has 0 unspecified atom stereocenters. The van der Waals surface area contributed by atoms with Gasteiger partial charge in [-0.15, -0.1) is 0 Å². The first kappa shape index (κ1) is 22.1. The average molecular weight is 410 g/mol. The standard InChI is InChI=1S/C6H8O7.NO3.Tb/c7-3(8)1-6(13,5(11)12)2-4(9)10;2-1(3)4;/h13H,1-2H2,(H,7,8)(H,9,10)(H,11,12);;/q;-1;+4/p-3. The van der Waals surface area contributed by atoms with E-state index in [0.717, 1.165) is 0 Å². The Morgan fingerprint density at radius 2 is 1.22 bits per heavy atom. The molecule has 0 rings (SSSR count). The first-order valence-corrected chi connectivity index (χ1v) is 3.66. The van der Waals surface area contributed by atoms with E-state index in [1.165, 1.54) is 0 Å². The molecule has 1 radical (unpaired) electrons. The van der Waals surface area contributed by atoms with Crippen LogP contribution in [0.2, 0.25) is 0 Å². The van der Waals surface area contributed by atoms with E-state index < -0.39 is 41.4 Å². The summed E-state index contributed by atoms with van der Waals surface area (Å²) in [6.07, 6.45) is -2.72. The van der Waals surface area contributed by atoms with E-state index in [9.17, 15) is 29.7 Å². The summed E-state index contributed by atoms with van der Waals surface area (Å²) < 4.78 is 0. The fourth-order valence-corrected chi connectivity index (χ4v) is 0.684. The Balaban J connectivity index is -0.000000392. The molecule has 12 heteroatoms. The Labute approximate surface area is 130 Å². The summed E-state index contributed by atoms with van der Waals surface area (Å²) in [6, 6.07) is 0. The maximum atomic E-state index is 10.1. The van der Waals surface area contributed by atoms with E-state index in [2.05, 4.69) is 0 Å². The summed E-state index contributed by atoms with van der Waals surface area (Å²) in [5.41, 5.74) is -2.97. The van der Waals surface area contributed by atoms with Crippen molar-refractivity contribution in [1.29, 1.82) is 0 Å². The smallest absolute Gasteiger partial charge is 0.550 e. The second-order valence-corrected chi connectivity index (χ2v) is 2.64. The van der Waals surface area contributed by atoms with Crippen LogP contribution in [0.25, 0.3) is 0 Å². The van der Waals surface area contributed by atoms with Gasteiger partial charge >= 0.3 is 38.6 Å². The van der Waals surface area contributed by atoms with Gasteiger partial charge in [-0.3, -0.25) is 0 Å². The average Bonchev–Trinajstić information content (AvgIpc) is 1.98. The number of carboxylic acid groups (broad SMARTS) is 3. The Hall–Kier alpha value is -1.14. The van der Waals surface area contributed by atoms with Crippen molar-refractivity contribution < 1.29 is 78.5 Å². The number of carbonyl (C=O) groups excluding carboxylic acids is 3. The van der Waals surface area contributed by atoms with Crippen molar-refractivity contribution in [1.82, 2.24) is 0 Å². The molecule has 0 aromatic heterocycles. The Morgan fingerprint density at radius 3 is 1.33 bits per heavy atom. The van der Waals surface area contributed by atoms with Gasteiger partial charge in [-0.05, 0) is 0 Å². The minimum Gasteiger partial charge on any atom is -0.550 e. The fraction of sp³-hybridized carbons (Fsp3) is 0.500. The van der Waals surface area contributed by atoms with E-state index in [-0.39, 0.29) is 38.6 Å². The molecule has 0 fully saturated rings. The van der Waals surface area contributed by atoms with Crippen molar-refractivity contribution in [3.63, 3.8) is 0 Å². The van der Waals surface area contributed by atoms with Crippen LogP contribution in [0.5, 0.6) is 0 Å². The van der Waals surface area contributed by atoms with Gasteiger partial charge in [0, 0.05) is 24.8 Å². The van der Waals surface area contributed by atoms with Crippen molar-refractivity contribution in [2.24, 2.45) is 0 Å². The Bertz CT molecular complexity index is 308. The van der Waals surface area contributed by atoms with Gasteiger partial charge in [0.15, 0.2) is 0 Å². The quantitative estimate of drug-likeness (QED) is 0.336. The van der Waals surface area contributed by atoms with Gasteiger partial charge in [0.05, 0.1) is 11.1 Å². The van der Waals surface area contributed by atoms with Crippen LogP contribution in [-0.4, -0.2) is 33.7 Å². The molecule has 0 atom stereocenters. The second-order valence-electron chi connectivity index (χ2n) is 2.64. The molecule has 0 bridgehead atoms. The van der Waals surface area contributed by atoms with Crippen LogP contribution in [0.4, 0.5) is 0 Å². The van der Waals surface area contributed by atoms with Crippen LogP contribution in [0.15, 0.2) is 0 Å². The minimum atomic E-state index is -2.97. The van der Waals surface area contributed by atoms with E-state index in [0.29, 0.717) is 0 Å². The third kappa shape index (κ3) is 12.9. The summed E-state index contributed by atoms with van der Waals surface area (Å²) in [4.78, 5) is 38.2. The summed E-state index contributed by atoms with van der Waals surface area (Å²) >= 11 is 0. The van der Waals surface area contributed by atoms with Crippen LogP contribution in [0.1, 0.15) is 12.8 Å². The van der Waals surface area contributed by atoms with Crippen LogP contribution in [0.3, 0.4) is 0 Å². The number of carboxylic acids is 3. The van der Waals surface area contributed by atoms with Crippen LogP contribution in [-0.2, 0) is 14.4 Å². The summed E-state index contributed by atoms with van der Waals surface area (Å²) in [6.45, 7) is 0. The molecule has 0 spiro atoms. The van der Waals surface area contributed by atoms with Crippen LogP contribution < -0.4 is 15.3 Å². The number of hydrogen-bond acceptors (Lipinski definition) is 10. The molecule has 0 amide bonds. The molecule has 0 saturated carbocycles. The predicted octanol–water partition coefficient (Wildman–Crippen LogP) is -5.49. The van der Waals surface area contributed by atoms with Gasteiger partial charge in [-0.1, -0.05) is 0 Å². The SMILES string of the molecule is O=C([O-])CC(O)(CC(=O)[O-])C(=O)[O-].O=[N+]([O-])[O-].[Tb+4]. The van der Waals surface area contributed by atoms with Crippen molar-refractivity contribution in [3.05, 3.63) is 15.3 Å². The molecule has 0 aliphatic rings. The van der Waals surface area contributed by atoms with Crippen molar-refractivity contribution in [2.45, 2.75) is 18.4 Å². The molecule has 0 aromatic carbocycles. The third-order valence-corrected chi connectivity index (χ3v) is 1.25. The second kappa shape index (κ2) is 9.84. The monoisotopic (exact) mass is 410 g/mol. The molecule has 1 N–H and O–H groups in total. The summed E-state index contributed by atoms with van der Waals surface area (Å²) in [5.74, 6) is -5.98. The largest absolute Gasteiger partial charge is 4.00 e. The van der Waals surface area contributed by atoms with Gasteiger partial charge in [0.2, 0.25) is 0 Å². The van der Waals surface area contributed by atoms with Gasteiger partial charge < -0.3 is 50.1 Å². The fourth-order valence-electron chi connectivity index (χ4n) is 0.684. The molecule has 103 valence electrons. The van der Waals surface area contributed by atoms with Crippen LogP contribution >= 0.6 is 0 Å². The molecular formula is C6H5NO10Tb. The van der Waals surface area contributed by atoms with Crippen molar-refractivity contribution in [3.8, 4) is 0 Å². The molecule has 0 heterocycles. The number of aliphatic carboxylic acids is 3. The van der Waals surface area contributed by atoms with Gasteiger partial charge in [0.25, 0.3) is 0 Å². The van der Waals surface area contributed by atoms with Crippen molar-refractivity contribution >= 4 is 17.9 Å². The van der Waals surface area contributed by atoms with Gasteiger partial charge in [0.1, 0.15) is 5.60 Å². The number of nitrogens with zero attached hydrogens (tertiary/aromatic N) is 1. The molecular weight excluding hydrogens is 405 g/mol. The van der Waals surface area contributed by atoms with Crippen LogP contribution in [0, 0.1) is 53.9 Å². The first-order chi connectivity index (χ1) is 7.51. The predicted molar refractivity (Wildman–Crippen MR) is 39.6 cm³/mol. The summed E-state index contributed by atoms with van der Waals surface area (Å²) in [7, 11) is 0. The van der Waals surface area contributed by atoms with Crippen molar-refractivity contribution in [2.75, 3.05) is 0 Å². The zero-order chi connectivity index (χ0) is 14.2. The van der Waals surface area contributed by atoms with E-state index in [1.807, 2.05) is 0 Å². The molecule has 0 aromatic rings. The normalized spacial score (nSPS) is 9.17. The minimum absolute atomic E-state index is 0. The third-order valence-electron chi connectivity index (χ3n) is 1.25. The molecule has 11 nitrogen and oxygen atoms in total. The maximum Gasteiger partial charge on any atom is 4.00 e. The van der Waals surface area contributed by atoms with E-state index in [4.69, 9.17) is 20.4 Å². The zero-order valence-electron chi connectivity index (χ0n) is 8.32. The van der Waals surface area contributed by atoms with Gasteiger partial charge in [-0.2, -0.15) is 0 Å². The summed E-state index contributed by atoms with van der Waals surface area (Å²) in [5, 5.41) is 53.7. The Morgan fingerprint density at radius 1 is 1.00 bits per heavy atom. The molecule has 18 heavy (non-hydrogen) atoms. The Kier molecular flexibility index (Phi) is 12.1. The van der Waals surface area contributed by atoms with Gasteiger partial charge in [-0.25, -0.2) is 0 Å². The number of carbonyl (C=O) groups is 3. The molecule has 0 aliphatic carbocycles. The number of hydrogen-bond donors (Lipinski definition) is 1. The number of aliphatic hydroxyl groups is 1. The number of rotatable bonds is 5. The van der Waals surface area contributed by atoms with E-state index in [1.54, 1.807) is 0 Å². The topological polar surface area (TPSA) is 207 Å².